The van der Waals surface area contributed by atoms with E-state index in [-0.39, 0.29) is 18.2 Å². The molecule has 1 aromatic carbocycles. The molecule has 3 amide bonds. The van der Waals surface area contributed by atoms with Crippen molar-refractivity contribution in [2.24, 2.45) is 11.7 Å². The van der Waals surface area contributed by atoms with Crippen molar-refractivity contribution in [1.82, 2.24) is 4.90 Å². The van der Waals surface area contributed by atoms with E-state index in [4.69, 9.17) is 5.73 Å². The Hall–Kier alpha value is -2.57. The second-order valence-electron chi connectivity index (χ2n) is 6.94. The molecule has 2 N–H and O–H groups in total. The first-order valence-corrected chi connectivity index (χ1v) is 9.22. The van der Waals surface area contributed by atoms with E-state index >= 15 is 0 Å². The number of rotatable bonds is 5. The molecule has 0 aliphatic carbocycles. The summed E-state index contributed by atoms with van der Waals surface area (Å²) in [5, 5.41) is 0. The predicted molar refractivity (Wildman–Crippen MR) is 99.8 cm³/mol. The summed E-state index contributed by atoms with van der Waals surface area (Å²) < 4.78 is 0. The van der Waals surface area contributed by atoms with Crippen LogP contribution in [0.1, 0.15) is 26.2 Å². The van der Waals surface area contributed by atoms with Crippen LogP contribution >= 0.6 is 0 Å². The molecule has 140 valence electrons. The zero-order valence-corrected chi connectivity index (χ0v) is 15.2. The van der Waals surface area contributed by atoms with Crippen LogP contribution < -0.4 is 15.5 Å². The van der Waals surface area contributed by atoms with Crippen molar-refractivity contribution < 1.29 is 14.4 Å². The van der Waals surface area contributed by atoms with Gasteiger partial charge < -0.3 is 20.4 Å². The lowest BCUT2D eigenvalue weighted by atomic mass is 10.1. The molecule has 0 unspecified atom stereocenters. The number of carbonyl (C=O) groups is 3. The van der Waals surface area contributed by atoms with E-state index in [9.17, 15) is 14.4 Å². The molecule has 0 bridgehead atoms. The van der Waals surface area contributed by atoms with Crippen LogP contribution in [0.15, 0.2) is 24.3 Å². The Morgan fingerprint density at radius 1 is 1.08 bits per heavy atom. The van der Waals surface area contributed by atoms with Crippen LogP contribution in [0.2, 0.25) is 0 Å². The molecule has 1 atom stereocenters. The summed E-state index contributed by atoms with van der Waals surface area (Å²) in [5.74, 6) is -0.660. The topological polar surface area (TPSA) is 86.9 Å². The summed E-state index contributed by atoms with van der Waals surface area (Å²) in [6, 6.07) is 7.80. The molecular weight excluding hydrogens is 332 g/mol. The van der Waals surface area contributed by atoms with Gasteiger partial charge in [-0.3, -0.25) is 14.4 Å². The van der Waals surface area contributed by atoms with E-state index < -0.39 is 11.8 Å². The number of nitrogens with two attached hydrogens (primary N) is 1. The highest BCUT2D eigenvalue weighted by Gasteiger charge is 2.33. The van der Waals surface area contributed by atoms with Crippen LogP contribution in [0, 0.1) is 5.92 Å². The van der Waals surface area contributed by atoms with Gasteiger partial charge in [-0.1, -0.05) is 6.92 Å². The molecule has 3 rings (SSSR count). The lowest BCUT2D eigenvalue weighted by molar-refractivity contribution is -0.131. The molecule has 2 aliphatic rings. The van der Waals surface area contributed by atoms with Crippen molar-refractivity contribution in [1.29, 1.82) is 0 Å². The number of nitrogens with zero attached hydrogens (tertiary/aromatic N) is 3. The average Bonchev–Trinajstić information content (AvgIpc) is 3.04. The summed E-state index contributed by atoms with van der Waals surface area (Å²) in [6.45, 7) is 5.47. The fourth-order valence-corrected chi connectivity index (χ4v) is 3.58. The van der Waals surface area contributed by atoms with Gasteiger partial charge in [0.25, 0.3) is 0 Å². The van der Waals surface area contributed by atoms with Gasteiger partial charge in [0.1, 0.15) is 0 Å². The van der Waals surface area contributed by atoms with Gasteiger partial charge in [-0.2, -0.15) is 0 Å². The van der Waals surface area contributed by atoms with Crippen molar-refractivity contribution in [2.75, 3.05) is 42.5 Å². The third kappa shape index (κ3) is 3.81. The first kappa shape index (κ1) is 18.2. The Morgan fingerprint density at radius 3 is 2.23 bits per heavy atom. The van der Waals surface area contributed by atoms with Gasteiger partial charge in [0.05, 0.1) is 5.92 Å². The lowest BCUT2D eigenvalue weighted by Gasteiger charge is -2.36. The molecule has 2 heterocycles. The van der Waals surface area contributed by atoms with E-state index in [1.54, 1.807) is 4.90 Å². The normalized spacial score (nSPS) is 20.6. The number of hydrogen-bond acceptors (Lipinski definition) is 4. The van der Waals surface area contributed by atoms with Crippen LogP contribution in [0.4, 0.5) is 11.4 Å². The van der Waals surface area contributed by atoms with Gasteiger partial charge in [0.2, 0.25) is 17.7 Å². The molecule has 0 radical (unpaired) electrons. The first-order valence-electron chi connectivity index (χ1n) is 9.22. The number of benzene rings is 1. The first-order chi connectivity index (χ1) is 12.5. The minimum Gasteiger partial charge on any atom is -0.369 e. The Balaban J connectivity index is 1.60. The van der Waals surface area contributed by atoms with E-state index in [1.807, 2.05) is 36.1 Å². The van der Waals surface area contributed by atoms with Crippen LogP contribution in [0.25, 0.3) is 0 Å². The molecule has 7 nitrogen and oxygen atoms in total. The second-order valence-corrected chi connectivity index (χ2v) is 6.94. The summed E-state index contributed by atoms with van der Waals surface area (Å²) >= 11 is 0. The lowest BCUT2D eigenvalue weighted by Crippen LogP contribution is -2.48. The predicted octanol–water partition coefficient (Wildman–Crippen LogP) is 0.974. The highest BCUT2D eigenvalue weighted by Crippen LogP contribution is 2.27. The molecule has 26 heavy (non-hydrogen) atoms. The highest BCUT2D eigenvalue weighted by atomic mass is 16.2. The third-order valence-corrected chi connectivity index (χ3v) is 5.15. The standard InChI is InChI=1S/C19H26N4O3/c1-2-3-17(24)22-10-8-21(9-11-22)15-4-6-16(7-5-15)23-13-14(19(20)26)12-18(23)25/h4-7,14H,2-3,8-13H2,1H3,(H2,20,26)/t14-/m0/s1. The van der Waals surface area contributed by atoms with Crippen molar-refractivity contribution in [3.63, 3.8) is 0 Å². The molecule has 0 saturated carbocycles. The highest BCUT2D eigenvalue weighted by molar-refractivity contribution is 6.00. The number of hydrogen-bond donors (Lipinski definition) is 1. The van der Waals surface area contributed by atoms with Crippen molar-refractivity contribution in [3.05, 3.63) is 24.3 Å². The Morgan fingerprint density at radius 2 is 1.69 bits per heavy atom. The number of amides is 3. The molecule has 1 aromatic rings. The molecule has 2 saturated heterocycles. The second kappa shape index (κ2) is 7.76. The summed E-state index contributed by atoms with van der Waals surface area (Å²) in [5.41, 5.74) is 7.19. The Kier molecular flexibility index (Phi) is 5.44. The van der Waals surface area contributed by atoms with Gasteiger partial charge in [-0.25, -0.2) is 0 Å². The average molecular weight is 358 g/mol. The third-order valence-electron chi connectivity index (χ3n) is 5.15. The minimum absolute atomic E-state index is 0.0652. The number of piperazine rings is 1. The van der Waals surface area contributed by atoms with E-state index in [2.05, 4.69) is 4.90 Å². The summed E-state index contributed by atoms with van der Waals surface area (Å²) in [4.78, 5) is 41.2. The van der Waals surface area contributed by atoms with Crippen molar-refractivity contribution in [3.8, 4) is 0 Å². The Labute approximate surface area is 153 Å². The van der Waals surface area contributed by atoms with Gasteiger partial charge in [-0.05, 0) is 30.7 Å². The largest absolute Gasteiger partial charge is 0.369 e. The van der Waals surface area contributed by atoms with E-state index in [1.165, 1.54) is 0 Å². The van der Waals surface area contributed by atoms with E-state index in [0.717, 1.165) is 44.0 Å². The molecule has 7 heteroatoms. The smallest absolute Gasteiger partial charge is 0.227 e. The maximum Gasteiger partial charge on any atom is 0.227 e. The van der Waals surface area contributed by atoms with Gasteiger partial charge in [0, 0.05) is 56.9 Å². The number of primary amides is 1. The van der Waals surface area contributed by atoms with E-state index in [0.29, 0.717) is 13.0 Å². The minimum atomic E-state index is -0.423. The van der Waals surface area contributed by atoms with Crippen molar-refractivity contribution in [2.45, 2.75) is 26.2 Å². The number of carbonyl (C=O) groups excluding carboxylic acids is 3. The summed E-state index contributed by atoms with van der Waals surface area (Å²) in [7, 11) is 0. The van der Waals surface area contributed by atoms with Crippen LogP contribution in [-0.2, 0) is 14.4 Å². The molecule has 2 aliphatic heterocycles. The fourth-order valence-electron chi connectivity index (χ4n) is 3.58. The zero-order chi connectivity index (χ0) is 18.7. The maximum absolute atomic E-state index is 12.1. The van der Waals surface area contributed by atoms with Crippen LogP contribution in [0.3, 0.4) is 0 Å². The zero-order valence-electron chi connectivity index (χ0n) is 15.2. The van der Waals surface area contributed by atoms with Gasteiger partial charge >= 0.3 is 0 Å². The number of anilines is 2. The van der Waals surface area contributed by atoms with Gasteiger partial charge in [-0.15, -0.1) is 0 Å². The molecule has 0 spiro atoms. The van der Waals surface area contributed by atoms with Gasteiger partial charge in [0.15, 0.2) is 0 Å². The maximum atomic E-state index is 12.1. The Bertz CT molecular complexity index is 681. The molecule has 0 aromatic heterocycles. The van der Waals surface area contributed by atoms with Crippen LogP contribution in [-0.4, -0.2) is 55.3 Å². The van der Waals surface area contributed by atoms with Crippen LogP contribution in [0.5, 0.6) is 0 Å². The van der Waals surface area contributed by atoms with Crippen molar-refractivity contribution >= 4 is 29.1 Å². The summed E-state index contributed by atoms with van der Waals surface area (Å²) in [6.07, 6.45) is 1.68. The molecular formula is C19H26N4O3. The fraction of sp³-hybridized carbons (Fsp3) is 0.526. The SMILES string of the molecule is CCCC(=O)N1CCN(c2ccc(N3C[C@@H](C(N)=O)CC3=O)cc2)CC1. The quantitative estimate of drug-likeness (QED) is 0.850. The monoisotopic (exact) mass is 358 g/mol. The molecule has 2 fully saturated rings.